The van der Waals surface area contributed by atoms with Crippen LogP contribution in [0.1, 0.15) is 0 Å². The van der Waals surface area contributed by atoms with Crippen molar-refractivity contribution in [1.29, 1.82) is 5.41 Å². The molecule has 0 aliphatic rings. The average molecular weight is 326 g/mol. The SMILES string of the molecule is Cn1cc2cc(-c3ccccc3OCCNC(=N)N)[nH]c2nc1=O. The first-order valence-electron chi connectivity index (χ1n) is 7.41. The molecule has 0 aliphatic carbocycles. The van der Waals surface area contributed by atoms with Gasteiger partial charge in [-0.15, -0.1) is 0 Å². The largest absolute Gasteiger partial charge is 0.491 e. The second-order valence-electron chi connectivity index (χ2n) is 5.31. The number of benzene rings is 1. The summed E-state index contributed by atoms with van der Waals surface area (Å²) in [6, 6.07) is 9.51. The molecule has 0 saturated carbocycles. The second kappa shape index (κ2) is 6.45. The summed E-state index contributed by atoms with van der Waals surface area (Å²) in [4.78, 5) is 18.8. The van der Waals surface area contributed by atoms with Crippen LogP contribution in [0.4, 0.5) is 0 Å². The molecule has 0 amide bonds. The van der Waals surface area contributed by atoms with Gasteiger partial charge in [0.15, 0.2) is 5.96 Å². The van der Waals surface area contributed by atoms with Gasteiger partial charge in [0, 0.05) is 24.2 Å². The molecule has 0 fully saturated rings. The number of aromatic amines is 1. The van der Waals surface area contributed by atoms with Crippen LogP contribution in [0.3, 0.4) is 0 Å². The molecule has 3 aromatic rings. The van der Waals surface area contributed by atoms with Crippen LogP contribution in [0.2, 0.25) is 0 Å². The van der Waals surface area contributed by atoms with Gasteiger partial charge in [-0.3, -0.25) is 5.41 Å². The Morgan fingerprint density at radius 2 is 2.25 bits per heavy atom. The van der Waals surface area contributed by atoms with Gasteiger partial charge in [0.05, 0.1) is 12.2 Å². The molecule has 124 valence electrons. The first kappa shape index (κ1) is 15.6. The van der Waals surface area contributed by atoms with Crippen molar-refractivity contribution in [1.82, 2.24) is 19.9 Å². The van der Waals surface area contributed by atoms with E-state index in [1.54, 1.807) is 13.2 Å². The standard InChI is InChI=1S/C16H18N6O2/c1-22-9-10-8-12(20-14(10)21-16(22)23)11-4-2-3-5-13(11)24-7-6-19-15(17)18/h2-5,8-9H,6-7H2,1H3,(H4,17,18,19)(H,20,21,23). The van der Waals surface area contributed by atoms with Crippen LogP contribution < -0.4 is 21.5 Å². The van der Waals surface area contributed by atoms with Crippen molar-refractivity contribution in [3.8, 4) is 17.0 Å². The number of nitrogens with zero attached hydrogens (tertiary/aromatic N) is 2. The van der Waals surface area contributed by atoms with Crippen molar-refractivity contribution in [2.45, 2.75) is 0 Å². The highest BCUT2D eigenvalue weighted by Crippen LogP contribution is 2.30. The smallest absolute Gasteiger partial charge is 0.349 e. The number of hydrogen-bond donors (Lipinski definition) is 4. The topological polar surface area (TPSA) is 122 Å². The number of aryl methyl sites for hydroxylation is 1. The Morgan fingerprint density at radius 3 is 3.04 bits per heavy atom. The van der Waals surface area contributed by atoms with Crippen molar-refractivity contribution in [2.24, 2.45) is 12.8 Å². The van der Waals surface area contributed by atoms with E-state index < -0.39 is 0 Å². The zero-order valence-electron chi connectivity index (χ0n) is 13.2. The average Bonchev–Trinajstić information content (AvgIpc) is 2.95. The highest BCUT2D eigenvalue weighted by atomic mass is 16.5. The van der Waals surface area contributed by atoms with Crippen LogP contribution in [0, 0.1) is 5.41 Å². The zero-order valence-corrected chi connectivity index (χ0v) is 13.2. The van der Waals surface area contributed by atoms with Crippen molar-refractivity contribution in [3.63, 3.8) is 0 Å². The number of hydrogen-bond acceptors (Lipinski definition) is 4. The Kier molecular flexibility index (Phi) is 4.19. The molecular weight excluding hydrogens is 308 g/mol. The van der Waals surface area contributed by atoms with E-state index in [4.69, 9.17) is 15.9 Å². The molecule has 8 heteroatoms. The monoisotopic (exact) mass is 326 g/mol. The fourth-order valence-electron chi connectivity index (χ4n) is 2.40. The van der Waals surface area contributed by atoms with Gasteiger partial charge in [-0.05, 0) is 18.2 Å². The minimum atomic E-state index is -0.309. The molecule has 0 atom stereocenters. The molecule has 0 saturated heterocycles. The molecule has 3 rings (SSSR count). The lowest BCUT2D eigenvalue weighted by Gasteiger charge is -2.11. The van der Waals surface area contributed by atoms with Crippen LogP contribution in [-0.4, -0.2) is 33.6 Å². The number of ether oxygens (including phenoxy) is 1. The predicted octanol–water partition coefficient (Wildman–Crippen LogP) is 0.790. The van der Waals surface area contributed by atoms with Gasteiger partial charge in [-0.2, -0.15) is 4.98 Å². The molecule has 0 radical (unpaired) electrons. The maximum absolute atomic E-state index is 11.6. The number of rotatable bonds is 5. The number of para-hydroxylation sites is 1. The van der Waals surface area contributed by atoms with E-state index in [-0.39, 0.29) is 11.6 Å². The summed E-state index contributed by atoms with van der Waals surface area (Å²) in [5.74, 6) is 0.607. The Morgan fingerprint density at radius 1 is 1.46 bits per heavy atom. The lowest BCUT2D eigenvalue weighted by molar-refractivity contribution is 0.323. The van der Waals surface area contributed by atoms with Gasteiger partial charge in [0.2, 0.25) is 0 Å². The maximum Gasteiger partial charge on any atom is 0.349 e. The lowest BCUT2D eigenvalue weighted by Crippen LogP contribution is -2.33. The summed E-state index contributed by atoms with van der Waals surface area (Å²) < 4.78 is 7.20. The minimum Gasteiger partial charge on any atom is -0.491 e. The van der Waals surface area contributed by atoms with Crippen LogP contribution >= 0.6 is 0 Å². The fraction of sp³-hybridized carbons (Fsp3) is 0.188. The van der Waals surface area contributed by atoms with Gasteiger partial charge in [-0.25, -0.2) is 4.79 Å². The molecule has 8 nitrogen and oxygen atoms in total. The van der Waals surface area contributed by atoms with Gasteiger partial charge in [-0.1, -0.05) is 12.1 Å². The summed E-state index contributed by atoms with van der Waals surface area (Å²) in [5, 5.41) is 10.7. The maximum atomic E-state index is 11.6. The summed E-state index contributed by atoms with van der Waals surface area (Å²) in [7, 11) is 1.67. The highest BCUT2D eigenvalue weighted by Gasteiger charge is 2.10. The summed E-state index contributed by atoms with van der Waals surface area (Å²) in [6.07, 6.45) is 1.74. The number of guanidine groups is 1. The normalized spacial score (nSPS) is 10.7. The molecule has 0 unspecified atom stereocenters. The van der Waals surface area contributed by atoms with Gasteiger partial charge >= 0.3 is 5.69 Å². The van der Waals surface area contributed by atoms with E-state index >= 15 is 0 Å². The first-order chi connectivity index (χ1) is 11.5. The van der Waals surface area contributed by atoms with Crippen LogP contribution in [0.5, 0.6) is 5.75 Å². The van der Waals surface area contributed by atoms with E-state index in [1.807, 2.05) is 30.3 Å². The lowest BCUT2D eigenvalue weighted by atomic mass is 10.1. The summed E-state index contributed by atoms with van der Waals surface area (Å²) in [5.41, 5.74) is 7.16. The summed E-state index contributed by atoms with van der Waals surface area (Å²) in [6.45, 7) is 0.808. The van der Waals surface area contributed by atoms with Crippen LogP contribution in [-0.2, 0) is 7.05 Å². The molecule has 0 spiro atoms. The van der Waals surface area contributed by atoms with E-state index in [1.165, 1.54) is 4.57 Å². The van der Waals surface area contributed by atoms with Crippen molar-refractivity contribution < 1.29 is 4.74 Å². The molecule has 24 heavy (non-hydrogen) atoms. The van der Waals surface area contributed by atoms with Crippen LogP contribution in [0.25, 0.3) is 22.3 Å². The van der Waals surface area contributed by atoms with E-state index in [0.717, 1.165) is 16.6 Å². The number of nitrogens with one attached hydrogen (secondary N) is 3. The number of aromatic nitrogens is 3. The Labute approximate surface area is 137 Å². The zero-order chi connectivity index (χ0) is 17.1. The number of H-pyrrole nitrogens is 1. The van der Waals surface area contributed by atoms with Crippen molar-refractivity contribution in [3.05, 3.63) is 47.0 Å². The highest BCUT2D eigenvalue weighted by molar-refractivity contribution is 5.83. The predicted molar refractivity (Wildman–Crippen MR) is 92.2 cm³/mol. The number of nitrogens with two attached hydrogens (primary N) is 1. The fourth-order valence-corrected chi connectivity index (χ4v) is 2.40. The van der Waals surface area contributed by atoms with E-state index in [2.05, 4.69) is 15.3 Å². The first-order valence-corrected chi connectivity index (χ1v) is 7.41. The molecule has 0 bridgehead atoms. The van der Waals surface area contributed by atoms with Crippen molar-refractivity contribution in [2.75, 3.05) is 13.2 Å². The minimum absolute atomic E-state index is 0.0881. The third-order valence-corrected chi connectivity index (χ3v) is 3.52. The molecule has 5 N–H and O–H groups in total. The van der Waals surface area contributed by atoms with E-state index in [0.29, 0.717) is 24.5 Å². The third kappa shape index (κ3) is 3.22. The van der Waals surface area contributed by atoms with Crippen molar-refractivity contribution >= 4 is 17.0 Å². The molecular formula is C16H18N6O2. The Balaban J connectivity index is 1.89. The van der Waals surface area contributed by atoms with Gasteiger partial charge < -0.3 is 25.3 Å². The Bertz CT molecular complexity index is 943. The Hall–Kier alpha value is -3.29. The molecule has 1 aromatic carbocycles. The number of fused-ring (bicyclic) bond motifs is 1. The third-order valence-electron chi connectivity index (χ3n) is 3.52. The molecule has 2 heterocycles. The van der Waals surface area contributed by atoms with E-state index in [9.17, 15) is 4.79 Å². The molecule has 0 aliphatic heterocycles. The van der Waals surface area contributed by atoms with Gasteiger partial charge in [0.1, 0.15) is 18.0 Å². The second-order valence-corrected chi connectivity index (χ2v) is 5.31. The quantitative estimate of drug-likeness (QED) is 0.314. The molecule has 2 aromatic heterocycles. The van der Waals surface area contributed by atoms with Gasteiger partial charge in [0.25, 0.3) is 0 Å². The van der Waals surface area contributed by atoms with Crippen LogP contribution in [0.15, 0.2) is 41.3 Å². The summed E-state index contributed by atoms with van der Waals surface area (Å²) >= 11 is 0.